The molecular weight excluding hydrogens is 445 g/mol. The molecule has 1 atom stereocenters. The van der Waals surface area contributed by atoms with Crippen LogP contribution in [-0.4, -0.2) is 86.9 Å². The number of rotatable bonds is 8. The average Bonchev–Trinajstić information content (AvgIpc) is 2.65. The first kappa shape index (κ1) is 22.8. The quantitative estimate of drug-likeness (QED) is 0.248. The van der Waals surface area contributed by atoms with Crippen LogP contribution in [0.25, 0.3) is 0 Å². The van der Waals surface area contributed by atoms with Crippen molar-refractivity contribution < 1.29 is 4.74 Å². The number of halogens is 1. The Morgan fingerprint density at radius 1 is 1.27 bits per heavy atom. The van der Waals surface area contributed by atoms with Gasteiger partial charge >= 0.3 is 0 Å². The largest absolute Gasteiger partial charge is 0.383 e. The molecule has 0 bridgehead atoms. The normalized spacial score (nSPS) is 16.7. The van der Waals surface area contributed by atoms with Crippen LogP contribution in [0, 0.1) is 0 Å². The van der Waals surface area contributed by atoms with Crippen LogP contribution in [0.5, 0.6) is 0 Å². The molecule has 9 heteroatoms. The number of ether oxygens (including phenoxy) is 1. The highest BCUT2D eigenvalue weighted by Gasteiger charge is 2.18. The van der Waals surface area contributed by atoms with E-state index < -0.39 is 0 Å². The molecule has 148 valence electrons. The summed E-state index contributed by atoms with van der Waals surface area (Å²) in [6.07, 6.45) is 4.69. The Hall–Kier alpha value is -1.20. The number of guanidine groups is 1. The van der Waals surface area contributed by atoms with Gasteiger partial charge in [-0.3, -0.25) is 9.89 Å². The first-order chi connectivity index (χ1) is 12.2. The number of anilines is 1. The van der Waals surface area contributed by atoms with Gasteiger partial charge in [0, 0.05) is 65.3 Å². The number of nitrogens with one attached hydrogen (secondary N) is 2. The molecule has 0 aromatic carbocycles. The van der Waals surface area contributed by atoms with E-state index in [9.17, 15) is 0 Å². The highest BCUT2D eigenvalue weighted by atomic mass is 127. The minimum absolute atomic E-state index is 0. The molecular formula is C17H32IN7O. The lowest BCUT2D eigenvalue weighted by Gasteiger charge is -2.34. The van der Waals surface area contributed by atoms with Crippen LogP contribution >= 0.6 is 24.0 Å². The van der Waals surface area contributed by atoms with Crippen molar-refractivity contribution >= 4 is 35.9 Å². The minimum Gasteiger partial charge on any atom is -0.383 e. The van der Waals surface area contributed by atoms with Crippen molar-refractivity contribution in [1.82, 2.24) is 25.5 Å². The van der Waals surface area contributed by atoms with Crippen LogP contribution in [0.2, 0.25) is 0 Å². The van der Waals surface area contributed by atoms with E-state index in [4.69, 9.17) is 4.74 Å². The first-order valence-electron chi connectivity index (χ1n) is 8.93. The number of aromatic nitrogens is 2. The molecule has 1 aromatic rings. The molecule has 2 heterocycles. The third-order valence-corrected chi connectivity index (χ3v) is 4.17. The van der Waals surface area contributed by atoms with E-state index >= 15 is 0 Å². The Morgan fingerprint density at radius 2 is 1.96 bits per heavy atom. The molecule has 0 aliphatic carbocycles. The summed E-state index contributed by atoms with van der Waals surface area (Å²) in [5, 5.41) is 6.67. The zero-order valence-electron chi connectivity index (χ0n) is 16.0. The van der Waals surface area contributed by atoms with Crippen molar-refractivity contribution in [3.8, 4) is 0 Å². The maximum atomic E-state index is 5.13. The lowest BCUT2D eigenvalue weighted by atomic mass is 10.3. The molecule has 0 saturated carbocycles. The fraction of sp³-hybridized carbons (Fsp3) is 0.706. The van der Waals surface area contributed by atoms with Crippen molar-refractivity contribution in [2.75, 3.05) is 64.9 Å². The minimum atomic E-state index is 0. The number of hydrogen-bond donors (Lipinski definition) is 2. The molecule has 8 nitrogen and oxygen atoms in total. The van der Waals surface area contributed by atoms with Gasteiger partial charge in [-0.25, -0.2) is 9.97 Å². The van der Waals surface area contributed by atoms with Gasteiger partial charge in [0.2, 0.25) is 5.95 Å². The molecule has 0 amide bonds. The Bertz CT molecular complexity index is 509. The van der Waals surface area contributed by atoms with Gasteiger partial charge in [-0.15, -0.1) is 24.0 Å². The van der Waals surface area contributed by atoms with Crippen molar-refractivity contribution in [2.45, 2.75) is 19.4 Å². The Kier molecular flexibility index (Phi) is 11.5. The monoisotopic (exact) mass is 477 g/mol. The van der Waals surface area contributed by atoms with Gasteiger partial charge in [0.05, 0.1) is 6.61 Å². The highest BCUT2D eigenvalue weighted by molar-refractivity contribution is 14.0. The summed E-state index contributed by atoms with van der Waals surface area (Å²) >= 11 is 0. The van der Waals surface area contributed by atoms with Crippen molar-refractivity contribution in [3.63, 3.8) is 0 Å². The van der Waals surface area contributed by atoms with Gasteiger partial charge in [-0.05, 0) is 26.0 Å². The van der Waals surface area contributed by atoms with E-state index in [0.717, 1.165) is 57.6 Å². The molecule has 1 unspecified atom stereocenters. The zero-order chi connectivity index (χ0) is 17.9. The van der Waals surface area contributed by atoms with Crippen LogP contribution in [-0.2, 0) is 4.74 Å². The molecule has 1 aliphatic rings. The summed E-state index contributed by atoms with van der Waals surface area (Å²) in [4.78, 5) is 17.6. The van der Waals surface area contributed by atoms with Gasteiger partial charge in [0.25, 0.3) is 0 Å². The molecule has 1 aliphatic heterocycles. The maximum Gasteiger partial charge on any atom is 0.225 e. The second-order valence-corrected chi connectivity index (χ2v) is 6.23. The molecule has 26 heavy (non-hydrogen) atoms. The van der Waals surface area contributed by atoms with Crippen LogP contribution in [0.4, 0.5) is 5.95 Å². The van der Waals surface area contributed by atoms with Crippen molar-refractivity contribution in [2.24, 2.45) is 4.99 Å². The maximum absolute atomic E-state index is 5.13. The second kappa shape index (κ2) is 13.0. The predicted octanol–water partition coefficient (Wildman–Crippen LogP) is 0.807. The lowest BCUT2D eigenvalue weighted by molar-refractivity contribution is 0.179. The fourth-order valence-corrected chi connectivity index (χ4v) is 2.86. The van der Waals surface area contributed by atoms with Gasteiger partial charge in [0.15, 0.2) is 5.96 Å². The molecule has 2 N–H and O–H groups in total. The summed E-state index contributed by atoms with van der Waals surface area (Å²) in [5.41, 5.74) is 0. The fourth-order valence-electron chi connectivity index (χ4n) is 2.86. The Labute approximate surface area is 173 Å². The van der Waals surface area contributed by atoms with E-state index in [2.05, 4.69) is 42.3 Å². The lowest BCUT2D eigenvalue weighted by Crippen LogP contribution is -2.48. The van der Waals surface area contributed by atoms with Gasteiger partial charge in [0.1, 0.15) is 0 Å². The first-order valence-corrected chi connectivity index (χ1v) is 8.93. The van der Waals surface area contributed by atoms with Crippen LogP contribution in [0.15, 0.2) is 23.5 Å². The molecule has 0 spiro atoms. The van der Waals surface area contributed by atoms with Gasteiger partial charge in [-0.2, -0.15) is 0 Å². The van der Waals surface area contributed by atoms with Crippen LogP contribution in [0.3, 0.4) is 0 Å². The molecule has 2 rings (SSSR count). The predicted molar refractivity (Wildman–Crippen MR) is 117 cm³/mol. The highest BCUT2D eigenvalue weighted by Crippen LogP contribution is 2.09. The number of nitrogens with zero attached hydrogens (tertiary/aromatic N) is 5. The third kappa shape index (κ3) is 8.00. The van der Waals surface area contributed by atoms with Crippen LogP contribution in [0.1, 0.15) is 13.3 Å². The molecule has 1 saturated heterocycles. The van der Waals surface area contributed by atoms with Crippen molar-refractivity contribution in [1.29, 1.82) is 0 Å². The Balaban J connectivity index is 0.00000338. The van der Waals surface area contributed by atoms with Gasteiger partial charge < -0.3 is 20.3 Å². The van der Waals surface area contributed by atoms with E-state index in [1.807, 2.05) is 6.07 Å². The summed E-state index contributed by atoms with van der Waals surface area (Å²) in [5.74, 6) is 1.67. The molecule has 1 aromatic heterocycles. The topological polar surface area (TPSA) is 77.9 Å². The van der Waals surface area contributed by atoms with E-state index in [0.29, 0.717) is 6.61 Å². The van der Waals surface area contributed by atoms with Gasteiger partial charge in [-0.1, -0.05) is 0 Å². The van der Waals surface area contributed by atoms with E-state index in [1.165, 1.54) is 0 Å². The standard InChI is InChI=1S/C17H31N7O.HI/c1-15(14-25-3)22-16(18-2)19-8-5-9-23-10-12-24(13-11-23)17-20-6-4-7-21-17;/h4,6-7,15H,5,8-14H2,1-3H3,(H2,18,19,22);1H. The molecule has 1 fully saturated rings. The summed E-state index contributed by atoms with van der Waals surface area (Å²) in [6, 6.07) is 2.09. The smallest absolute Gasteiger partial charge is 0.225 e. The number of aliphatic imine (C=N–C) groups is 1. The van der Waals surface area contributed by atoms with E-state index in [-0.39, 0.29) is 30.0 Å². The van der Waals surface area contributed by atoms with E-state index in [1.54, 1.807) is 26.6 Å². The molecule has 0 radical (unpaired) electrons. The second-order valence-electron chi connectivity index (χ2n) is 6.23. The Morgan fingerprint density at radius 3 is 2.58 bits per heavy atom. The average molecular weight is 477 g/mol. The SMILES string of the molecule is CN=C(NCCCN1CCN(c2ncccn2)CC1)NC(C)COC.I. The van der Waals surface area contributed by atoms with Crippen molar-refractivity contribution in [3.05, 3.63) is 18.5 Å². The summed E-state index contributed by atoms with van der Waals surface area (Å²) in [7, 11) is 3.50. The number of hydrogen-bond acceptors (Lipinski definition) is 6. The zero-order valence-corrected chi connectivity index (χ0v) is 18.3. The number of methoxy groups -OCH3 is 1. The summed E-state index contributed by atoms with van der Waals surface area (Å²) < 4.78 is 5.13. The third-order valence-electron chi connectivity index (χ3n) is 4.17. The van der Waals surface area contributed by atoms with Crippen LogP contribution < -0.4 is 15.5 Å². The number of piperazine rings is 1. The summed E-state index contributed by atoms with van der Waals surface area (Å²) in [6.45, 7) is 8.79.